The van der Waals surface area contributed by atoms with Gasteiger partial charge in [-0.15, -0.1) is 11.3 Å². The van der Waals surface area contributed by atoms with Gasteiger partial charge in [0, 0.05) is 24.0 Å². The van der Waals surface area contributed by atoms with Crippen molar-refractivity contribution < 1.29 is 0 Å². The number of thiophene rings is 1. The van der Waals surface area contributed by atoms with Crippen LogP contribution in [0.2, 0.25) is 0 Å². The summed E-state index contributed by atoms with van der Waals surface area (Å²) in [6, 6.07) is 2.52. The predicted molar refractivity (Wildman–Crippen MR) is 87.6 cm³/mol. The van der Waals surface area contributed by atoms with E-state index in [-0.39, 0.29) is 0 Å². The lowest BCUT2D eigenvalue weighted by Gasteiger charge is -2.31. The highest BCUT2D eigenvalue weighted by molar-refractivity contribution is 7.18. The quantitative estimate of drug-likeness (QED) is 0.917. The third kappa shape index (κ3) is 3.02. The molecule has 1 unspecified atom stereocenters. The first-order valence-electron chi connectivity index (χ1n) is 6.87. The third-order valence-electron chi connectivity index (χ3n) is 3.29. The van der Waals surface area contributed by atoms with Crippen LogP contribution >= 0.6 is 11.3 Å². The van der Waals surface area contributed by atoms with Crippen LogP contribution in [0.4, 0.5) is 11.8 Å². The highest BCUT2D eigenvalue weighted by atomic mass is 32.1. The van der Waals surface area contributed by atoms with Crippen LogP contribution in [-0.2, 0) is 0 Å². The van der Waals surface area contributed by atoms with E-state index in [4.69, 9.17) is 5.73 Å². The monoisotopic (exact) mass is 293 g/mol. The Labute approximate surface area is 124 Å². The minimum Gasteiger partial charge on any atom is -0.368 e. The number of rotatable bonds is 5. The molecule has 0 aliphatic rings. The summed E-state index contributed by atoms with van der Waals surface area (Å²) in [6.45, 7) is 8.33. The minimum absolute atomic E-state index is 0.352. The summed E-state index contributed by atoms with van der Waals surface area (Å²) in [5, 5.41) is 1.11. The molecule has 0 saturated carbocycles. The molecule has 0 bridgehead atoms. The van der Waals surface area contributed by atoms with Crippen LogP contribution in [0.1, 0.15) is 18.7 Å². The molecule has 0 radical (unpaired) electrons. The van der Waals surface area contributed by atoms with Gasteiger partial charge in [-0.1, -0.05) is 0 Å². The van der Waals surface area contributed by atoms with E-state index in [1.807, 2.05) is 0 Å². The normalized spacial score (nSPS) is 13.1. The van der Waals surface area contributed by atoms with Crippen LogP contribution in [0, 0.1) is 6.92 Å². The Kier molecular flexibility index (Phi) is 4.45. The minimum atomic E-state index is 0.352. The number of hydrogen-bond donors (Lipinski definition) is 1. The lowest BCUT2D eigenvalue weighted by Crippen LogP contribution is -2.40. The molecule has 0 fully saturated rings. The van der Waals surface area contributed by atoms with Crippen molar-refractivity contribution in [3.63, 3.8) is 0 Å². The van der Waals surface area contributed by atoms with E-state index < -0.39 is 0 Å². The molecule has 0 aliphatic heterocycles. The van der Waals surface area contributed by atoms with E-state index in [2.05, 4.69) is 60.7 Å². The first kappa shape index (κ1) is 15.0. The standard InChI is InChI=1S/C14H23N5S/c1-6-19(9(2)8-18(4)5)12-11-7-10(3)20-13(11)17-14(15)16-12/h7,9H,6,8H2,1-5H3,(H2,15,16,17). The maximum absolute atomic E-state index is 5.88. The van der Waals surface area contributed by atoms with Crippen molar-refractivity contribution in [3.05, 3.63) is 10.9 Å². The van der Waals surface area contributed by atoms with Gasteiger partial charge < -0.3 is 15.5 Å². The molecule has 0 spiro atoms. The summed E-state index contributed by atoms with van der Waals surface area (Å²) < 4.78 is 0. The fraction of sp³-hybridized carbons (Fsp3) is 0.571. The third-order valence-corrected chi connectivity index (χ3v) is 4.23. The molecule has 0 aliphatic carbocycles. The zero-order valence-corrected chi connectivity index (χ0v) is 13.7. The molecule has 2 N–H and O–H groups in total. The fourth-order valence-corrected chi connectivity index (χ4v) is 3.44. The zero-order valence-electron chi connectivity index (χ0n) is 12.8. The molecule has 20 heavy (non-hydrogen) atoms. The van der Waals surface area contributed by atoms with Gasteiger partial charge in [0.25, 0.3) is 0 Å². The van der Waals surface area contributed by atoms with Crippen molar-refractivity contribution in [3.8, 4) is 0 Å². The van der Waals surface area contributed by atoms with Crippen LogP contribution in [-0.4, -0.2) is 48.1 Å². The van der Waals surface area contributed by atoms with E-state index in [9.17, 15) is 0 Å². The predicted octanol–water partition coefficient (Wildman–Crippen LogP) is 2.36. The molecule has 2 aromatic heterocycles. The van der Waals surface area contributed by atoms with Crippen LogP contribution in [0.3, 0.4) is 0 Å². The van der Waals surface area contributed by atoms with Crippen molar-refractivity contribution >= 4 is 33.3 Å². The first-order valence-corrected chi connectivity index (χ1v) is 7.69. The number of nitrogens with two attached hydrogens (primary N) is 1. The Morgan fingerprint density at radius 3 is 2.65 bits per heavy atom. The summed E-state index contributed by atoms with van der Waals surface area (Å²) in [7, 11) is 4.17. The number of hydrogen-bond acceptors (Lipinski definition) is 6. The Morgan fingerprint density at radius 2 is 2.05 bits per heavy atom. The molecule has 2 heterocycles. The number of likely N-dealkylation sites (N-methyl/N-ethyl adjacent to an activating group) is 2. The average Bonchev–Trinajstić information content (AvgIpc) is 2.69. The SMILES string of the molecule is CCN(c1nc(N)nc2sc(C)cc12)C(C)CN(C)C. The molecule has 0 aromatic carbocycles. The van der Waals surface area contributed by atoms with Crippen molar-refractivity contribution in [2.45, 2.75) is 26.8 Å². The van der Waals surface area contributed by atoms with E-state index in [1.54, 1.807) is 11.3 Å². The van der Waals surface area contributed by atoms with Gasteiger partial charge in [0.1, 0.15) is 10.6 Å². The molecule has 2 aromatic rings. The molecule has 110 valence electrons. The molecule has 5 nitrogen and oxygen atoms in total. The van der Waals surface area contributed by atoms with Crippen molar-refractivity contribution in [1.82, 2.24) is 14.9 Å². The largest absolute Gasteiger partial charge is 0.368 e. The van der Waals surface area contributed by atoms with Crippen molar-refractivity contribution in [2.75, 3.05) is 37.8 Å². The van der Waals surface area contributed by atoms with Crippen molar-refractivity contribution in [1.29, 1.82) is 0 Å². The van der Waals surface area contributed by atoms with E-state index in [0.717, 1.165) is 29.1 Å². The van der Waals surface area contributed by atoms with Crippen LogP contribution in [0.15, 0.2) is 6.07 Å². The van der Waals surface area contributed by atoms with E-state index in [1.165, 1.54) is 4.88 Å². The summed E-state index contributed by atoms with van der Waals surface area (Å²) >= 11 is 1.67. The Balaban J connectivity index is 2.48. The number of fused-ring (bicyclic) bond motifs is 1. The van der Waals surface area contributed by atoms with Gasteiger partial charge in [0.05, 0.1) is 5.39 Å². The maximum atomic E-state index is 5.88. The second-order valence-corrected chi connectivity index (χ2v) is 6.61. The highest BCUT2D eigenvalue weighted by Gasteiger charge is 2.19. The lowest BCUT2D eigenvalue weighted by molar-refractivity contribution is 0.372. The zero-order chi connectivity index (χ0) is 14.9. The van der Waals surface area contributed by atoms with E-state index in [0.29, 0.717) is 12.0 Å². The number of anilines is 2. The smallest absolute Gasteiger partial charge is 0.223 e. The van der Waals surface area contributed by atoms with Crippen LogP contribution in [0.25, 0.3) is 10.2 Å². The second kappa shape index (κ2) is 5.93. The molecule has 6 heteroatoms. The van der Waals surface area contributed by atoms with Gasteiger partial charge in [-0.3, -0.25) is 0 Å². The number of nitrogen functional groups attached to an aromatic ring is 1. The van der Waals surface area contributed by atoms with Gasteiger partial charge in [-0.25, -0.2) is 4.98 Å². The summed E-state index contributed by atoms with van der Waals surface area (Å²) in [5.41, 5.74) is 5.88. The van der Waals surface area contributed by atoms with Gasteiger partial charge >= 0.3 is 0 Å². The Morgan fingerprint density at radius 1 is 1.35 bits per heavy atom. The topological polar surface area (TPSA) is 58.3 Å². The molecule has 2 rings (SSSR count). The van der Waals surface area contributed by atoms with Crippen LogP contribution < -0.4 is 10.6 Å². The lowest BCUT2D eigenvalue weighted by atomic mass is 10.2. The molecular weight excluding hydrogens is 270 g/mol. The van der Waals surface area contributed by atoms with Crippen molar-refractivity contribution in [2.24, 2.45) is 0 Å². The summed E-state index contributed by atoms with van der Waals surface area (Å²) in [4.78, 5) is 15.5. The first-order chi connectivity index (χ1) is 9.42. The number of aryl methyl sites for hydroxylation is 1. The van der Waals surface area contributed by atoms with Crippen LogP contribution in [0.5, 0.6) is 0 Å². The van der Waals surface area contributed by atoms with E-state index >= 15 is 0 Å². The summed E-state index contributed by atoms with van der Waals surface area (Å²) in [5.74, 6) is 1.30. The molecule has 0 amide bonds. The molecule has 1 atom stereocenters. The number of nitrogens with zero attached hydrogens (tertiary/aromatic N) is 4. The average molecular weight is 293 g/mol. The maximum Gasteiger partial charge on any atom is 0.223 e. The Bertz CT molecular complexity index is 593. The van der Waals surface area contributed by atoms with Gasteiger partial charge in [-0.05, 0) is 40.9 Å². The molecule has 0 saturated heterocycles. The number of aromatic nitrogens is 2. The fourth-order valence-electron chi connectivity index (χ4n) is 2.56. The van der Waals surface area contributed by atoms with Gasteiger partial charge in [-0.2, -0.15) is 4.98 Å². The summed E-state index contributed by atoms with van der Waals surface area (Å²) in [6.07, 6.45) is 0. The molecular formula is C14H23N5S. The van der Waals surface area contributed by atoms with Gasteiger partial charge in [0.15, 0.2) is 0 Å². The Hall–Kier alpha value is -1.40. The second-order valence-electron chi connectivity index (χ2n) is 5.38. The van der Waals surface area contributed by atoms with Gasteiger partial charge in [0.2, 0.25) is 5.95 Å². The highest BCUT2D eigenvalue weighted by Crippen LogP contribution is 2.32.